The molecule has 5 heteroatoms. The largest absolute Gasteiger partial charge is 0.494 e. The number of rotatable bonds is 7. The molecule has 0 radical (unpaired) electrons. The molecule has 0 spiro atoms. The maximum Gasteiger partial charge on any atom is 0.315 e. The molecular weight excluding hydrogens is 244 g/mol. The van der Waals surface area contributed by atoms with Crippen LogP contribution in [-0.4, -0.2) is 31.8 Å². The summed E-state index contributed by atoms with van der Waals surface area (Å²) in [6.45, 7) is 7.26. The van der Waals surface area contributed by atoms with Crippen LogP contribution < -0.4 is 20.1 Å². The number of amides is 2. The van der Waals surface area contributed by atoms with E-state index in [2.05, 4.69) is 10.6 Å². The number of carbonyl (C=O) groups is 1. The van der Waals surface area contributed by atoms with Crippen molar-refractivity contribution in [3.05, 3.63) is 24.3 Å². The van der Waals surface area contributed by atoms with Crippen molar-refractivity contribution in [1.29, 1.82) is 0 Å². The molecule has 5 nitrogen and oxygen atoms in total. The smallest absolute Gasteiger partial charge is 0.315 e. The number of hydrogen-bond donors (Lipinski definition) is 2. The third-order valence-electron chi connectivity index (χ3n) is 2.19. The average molecular weight is 266 g/mol. The van der Waals surface area contributed by atoms with E-state index in [0.717, 1.165) is 11.5 Å². The van der Waals surface area contributed by atoms with E-state index in [-0.39, 0.29) is 12.1 Å². The third kappa shape index (κ3) is 6.55. The number of urea groups is 1. The summed E-state index contributed by atoms with van der Waals surface area (Å²) in [5.74, 6) is 1.52. The van der Waals surface area contributed by atoms with Crippen molar-refractivity contribution < 1.29 is 14.3 Å². The molecule has 1 aromatic rings. The highest BCUT2D eigenvalue weighted by Gasteiger charge is 2.01. The highest BCUT2D eigenvalue weighted by atomic mass is 16.5. The zero-order valence-corrected chi connectivity index (χ0v) is 11.7. The molecule has 1 aromatic carbocycles. The standard InChI is InChI=1S/C14H22N2O3/c1-4-18-12-6-5-7-13(10-12)19-9-8-15-14(17)16-11(2)3/h5-7,10-11H,4,8-9H2,1-3H3,(H2,15,16,17). The lowest BCUT2D eigenvalue weighted by atomic mass is 10.3. The van der Waals surface area contributed by atoms with Gasteiger partial charge in [0, 0.05) is 12.1 Å². The first-order chi connectivity index (χ1) is 9.11. The van der Waals surface area contributed by atoms with Gasteiger partial charge in [0.15, 0.2) is 0 Å². The van der Waals surface area contributed by atoms with E-state index in [9.17, 15) is 4.79 Å². The monoisotopic (exact) mass is 266 g/mol. The molecule has 19 heavy (non-hydrogen) atoms. The second-order valence-corrected chi connectivity index (χ2v) is 4.31. The van der Waals surface area contributed by atoms with Crippen LogP contribution in [0.2, 0.25) is 0 Å². The van der Waals surface area contributed by atoms with Crippen LogP contribution >= 0.6 is 0 Å². The van der Waals surface area contributed by atoms with Gasteiger partial charge in [0.25, 0.3) is 0 Å². The van der Waals surface area contributed by atoms with Gasteiger partial charge in [0.2, 0.25) is 0 Å². The van der Waals surface area contributed by atoms with Gasteiger partial charge in [0.05, 0.1) is 13.2 Å². The Bertz CT molecular complexity index is 394. The van der Waals surface area contributed by atoms with Crippen molar-refractivity contribution in [2.45, 2.75) is 26.8 Å². The highest BCUT2D eigenvalue weighted by molar-refractivity contribution is 5.74. The van der Waals surface area contributed by atoms with Crippen LogP contribution in [0.3, 0.4) is 0 Å². The molecule has 1 rings (SSSR count). The molecule has 0 fully saturated rings. The van der Waals surface area contributed by atoms with Gasteiger partial charge >= 0.3 is 6.03 Å². The van der Waals surface area contributed by atoms with Crippen molar-refractivity contribution in [2.75, 3.05) is 19.8 Å². The van der Waals surface area contributed by atoms with Crippen LogP contribution in [0, 0.1) is 0 Å². The Hall–Kier alpha value is -1.91. The van der Waals surface area contributed by atoms with Gasteiger partial charge in [-0.2, -0.15) is 0 Å². The quantitative estimate of drug-likeness (QED) is 0.744. The Kier molecular flexibility index (Phi) is 6.57. The fourth-order valence-electron chi connectivity index (χ4n) is 1.47. The summed E-state index contributed by atoms with van der Waals surface area (Å²) in [5, 5.41) is 5.46. The molecule has 2 N–H and O–H groups in total. The minimum absolute atomic E-state index is 0.129. The molecule has 0 bridgehead atoms. The Morgan fingerprint density at radius 2 is 1.95 bits per heavy atom. The van der Waals surface area contributed by atoms with E-state index >= 15 is 0 Å². The zero-order chi connectivity index (χ0) is 14.1. The van der Waals surface area contributed by atoms with E-state index in [1.807, 2.05) is 45.0 Å². The lowest BCUT2D eigenvalue weighted by Crippen LogP contribution is -2.41. The van der Waals surface area contributed by atoms with E-state index < -0.39 is 0 Å². The van der Waals surface area contributed by atoms with Gasteiger partial charge in [-0.3, -0.25) is 0 Å². The molecule has 0 aliphatic rings. The third-order valence-corrected chi connectivity index (χ3v) is 2.19. The summed E-state index contributed by atoms with van der Waals surface area (Å²) in [5.41, 5.74) is 0. The second-order valence-electron chi connectivity index (χ2n) is 4.31. The lowest BCUT2D eigenvalue weighted by molar-refractivity contribution is 0.234. The van der Waals surface area contributed by atoms with Crippen LogP contribution in [0.5, 0.6) is 11.5 Å². The van der Waals surface area contributed by atoms with Crippen molar-refractivity contribution >= 4 is 6.03 Å². The van der Waals surface area contributed by atoms with Crippen LogP contribution in [0.4, 0.5) is 4.79 Å². The van der Waals surface area contributed by atoms with Gasteiger partial charge in [-0.05, 0) is 32.9 Å². The molecule has 0 aromatic heterocycles. The van der Waals surface area contributed by atoms with Crippen molar-refractivity contribution in [3.63, 3.8) is 0 Å². The van der Waals surface area contributed by atoms with E-state index in [0.29, 0.717) is 19.8 Å². The predicted molar refractivity (Wildman–Crippen MR) is 74.8 cm³/mol. The maximum absolute atomic E-state index is 11.3. The summed E-state index contributed by atoms with van der Waals surface area (Å²) < 4.78 is 10.9. The lowest BCUT2D eigenvalue weighted by Gasteiger charge is -2.11. The summed E-state index contributed by atoms with van der Waals surface area (Å²) in [6, 6.07) is 7.39. The highest BCUT2D eigenvalue weighted by Crippen LogP contribution is 2.18. The molecule has 0 saturated carbocycles. The summed E-state index contributed by atoms with van der Waals surface area (Å²) in [7, 11) is 0. The fraction of sp³-hybridized carbons (Fsp3) is 0.500. The number of nitrogens with one attached hydrogen (secondary N) is 2. The Morgan fingerprint density at radius 3 is 2.58 bits per heavy atom. The second kappa shape index (κ2) is 8.24. The molecule has 106 valence electrons. The first-order valence-electron chi connectivity index (χ1n) is 6.52. The summed E-state index contributed by atoms with van der Waals surface area (Å²) >= 11 is 0. The van der Waals surface area contributed by atoms with Crippen molar-refractivity contribution in [1.82, 2.24) is 10.6 Å². The Morgan fingerprint density at radius 1 is 1.26 bits per heavy atom. The summed E-state index contributed by atoms with van der Waals surface area (Å²) in [6.07, 6.45) is 0. The van der Waals surface area contributed by atoms with Gasteiger partial charge < -0.3 is 20.1 Å². The minimum Gasteiger partial charge on any atom is -0.494 e. The van der Waals surface area contributed by atoms with Crippen molar-refractivity contribution in [2.24, 2.45) is 0 Å². The molecular formula is C14H22N2O3. The SMILES string of the molecule is CCOc1cccc(OCCNC(=O)NC(C)C)c1. The maximum atomic E-state index is 11.3. The van der Waals surface area contributed by atoms with Gasteiger partial charge in [-0.1, -0.05) is 6.07 Å². The molecule has 0 saturated heterocycles. The number of ether oxygens (including phenoxy) is 2. The molecule has 2 amide bonds. The van der Waals surface area contributed by atoms with Gasteiger partial charge in [-0.15, -0.1) is 0 Å². The van der Waals surface area contributed by atoms with E-state index in [4.69, 9.17) is 9.47 Å². The van der Waals surface area contributed by atoms with E-state index in [1.54, 1.807) is 0 Å². The Labute approximate surface area is 114 Å². The van der Waals surface area contributed by atoms with Gasteiger partial charge in [-0.25, -0.2) is 4.79 Å². The van der Waals surface area contributed by atoms with Crippen LogP contribution in [-0.2, 0) is 0 Å². The predicted octanol–water partition coefficient (Wildman–Crippen LogP) is 2.17. The first kappa shape index (κ1) is 15.1. The Balaban J connectivity index is 2.25. The van der Waals surface area contributed by atoms with Gasteiger partial charge in [0.1, 0.15) is 18.1 Å². The van der Waals surface area contributed by atoms with Crippen LogP contribution in [0.25, 0.3) is 0 Å². The molecule has 0 aliphatic heterocycles. The molecule has 0 heterocycles. The number of hydrogen-bond acceptors (Lipinski definition) is 3. The van der Waals surface area contributed by atoms with E-state index in [1.165, 1.54) is 0 Å². The molecule has 0 atom stereocenters. The fourth-order valence-corrected chi connectivity index (χ4v) is 1.47. The van der Waals surface area contributed by atoms with Crippen LogP contribution in [0.15, 0.2) is 24.3 Å². The van der Waals surface area contributed by atoms with Crippen molar-refractivity contribution in [3.8, 4) is 11.5 Å². The van der Waals surface area contributed by atoms with Crippen LogP contribution in [0.1, 0.15) is 20.8 Å². The summed E-state index contributed by atoms with van der Waals surface area (Å²) in [4.78, 5) is 11.3. The first-order valence-corrected chi connectivity index (χ1v) is 6.52. The molecule has 0 aliphatic carbocycles. The minimum atomic E-state index is -0.179. The average Bonchev–Trinajstić information content (AvgIpc) is 2.35. The number of benzene rings is 1. The zero-order valence-electron chi connectivity index (χ0n) is 11.7. The number of carbonyl (C=O) groups excluding carboxylic acids is 1. The topological polar surface area (TPSA) is 59.6 Å². The normalized spacial score (nSPS) is 10.1. The molecule has 0 unspecified atom stereocenters.